The summed E-state index contributed by atoms with van der Waals surface area (Å²) >= 11 is 0. The Labute approximate surface area is 119 Å². The van der Waals surface area contributed by atoms with Crippen molar-refractivity contribution in [1.82, 2.24) is 10.0 Å². The summed E-state index contributed by atoms with van der Waals surface area (Å²) in [5, 5.41) is 3.16. The van der Waals surface area contributed by atoms with Gasteiger partial charge in [-0.1, -0.05) is 6.92 Å². The largest absolute Gasteiger partial charge is 0.315 e. The van der Waals surface area contributed by atoms with Crippen LogP contribution in [0.1, 0.15) is 13.3 Å². The minimum Gasteiger partial charge on any atom is -0.315 e. The van der Waals surface area contributed by atoms with Gasteiger partial charge in [0.05, 0.1) is 4.90 Å². The molecule has 0 aliphatic carbocycles. The van der Waals surface area contributed by atoms with E-state index in [0.29, 0.717) is 12.5 Å². The summed E-state index contributed by atoms with van der Waals surface area (Å²) in [6, 6.07) is 4.74. The van der Waals surface area contributed by atoms with Crippen LogP contribution in [-0.4, -0.2) is 27.5 Å². The summed E-state index contributed by atoms with van der Waals surface area (Å²) < 4.78 is 39.6. The maximum Gasteiger partial charge on any atom is 0.240 e. The van der Waals surface area contributed by atoms with Crippen molar-refractivity contribution in [2.24, 2.45) is 5.92 Å². The van der Waals surface area contributed by atoms with Crippen LogP contribution in [0.2, 0.25) is 0 Å². The second-order valence-corrected chi connectivity index (χ2v) is 6.37. The molecule has 7 heteroatoms. The summed E-state index contributed by atoms with van der Waals surface area (Å²) in [6.07, 6.45) is 0.941. The van der Waals surface area contributed by atoms with E-state index in [1.165, 1.54) is 12.1 Å². The molecule has 2 atom stereocenters. The lowest BCUT2D eigenvalue weighted by molar-refractivity contribution is 0.327. The molecule has 1 heterocycles. The van der Waals surface area contributed by atoms with Crippen LogP contribution in [0.5, 0.6) is 0 Å². The zero-order valence-corrected chi connectivity index (χ0v) is 12.2. The van der Waals surface area contributed by atoms with Crippen LogP contribution in [0.25, 0.3) is 0 Å². The third kappa shape index (κ3) is 4.14. The molecule has 1 aromatic carbocycles. The van der Waals surface area contributed by atoms with Crippen LogP contribution >= 0.6 is 12.4 Å². The van der Waals surface area contributed by atoms with Crippen molar-refractivity contribution in [2.75, 3.05) is 13.1 Å². The predicted octanol–water partition coefficient (Wildman–Crippen LogP) is 1.52. The first-order valence-electron chi connectivity index (χ1n) is 5.97. The third-order valence-electron chi connectivity index (χ3n) is 3.26. The first-order valence-corrected chi connectivity index (χ1v) is 7.46. The maximum absolute atomic E-state index is 12.8. The van der Waals surface area contributed by atoms with Crippen LogP contribution in [0, 0.1) is 11.7 Å². The minimum atomic E-state index is -3.57. The first kappa shape index (κ1) is 16.4. The van der Waals surface area contributed by atoms with Gasteiger partial charge in [-0.3, -0.25) is 0 Å². The number of halogens is 2. The molecule has 2 N–H and O–H groups in total. The van der Waals surface area contributed by atoms with E-state index in [0.717, 1.165) is 25.1 Å². The molecule has 108 valence electrons. The molecular formula is C12H18ClFN2O2S. The van der Waals surface area contributed by atoms with Gasteiger partial charge in [0.25, 0.3) is 0 Å². The lowest BCUT2D eigenvalue weighted by atomic mass is 9.96. The molecule has 1 fully saturated rings. The highest BCUT2D eigenvalue weighted by Crippen LogP contribution is 2.16. The van der Waals surface area contributed by atoms with Crippen LogP contribution in [-0.2, 0) is 10.0 Å². The van der Waals surface area contributed by atoms with Crippen molar-refractivity contribution in [3.63, 3.8) is 0 Å². The minimum absolute atomic E-state index is 0. The Morgan fingerprint density at radius 3 is 2.53 bits per heavy atom. The van der Waals surface area contributed by atoms with E-state index in [4.69, 9.17) is 0 Å². The number of benzene rings is 1. The maximum atomic E-state index is 12.8. The van der Waals surface area contributed by atoms with Gasteiger partial charge in [0.1, 0.15) is 5.82 Å². The molecule has 4 nitrogen and oxygen atoms in total. The summed E-state index contributed by atoms with van der Waals surface area (Å²) in [6.45, 7) is 3.57. The number of hydrogen-bond acceptors (Lipinski definition) is 3. The van der Waals surface area contributed by atoms with E-state index in [1.54, 1.807) is 0 Å². The Hall–Kier alpha value is -0.690. The zero-order valence-electron chi connectivity index (χ0n) is 10.6. The Kier molecular flexibility index (Phi) is 5.73. The molecule has 0 bridgehead atoms. The molecule has 1 aliphatic heterocycles. The van der Waals surface area contributed by atoms with Crippen LogP contribution in [0.15, 0.2) is 29.2 Å². The molecule has 0 saturated carbocycles. The van der Waals surface area contributed by atoms with Gasteiger partial charge in [-0.15, -0.1) is 12.4 Å². The topological polar surface area (TPSA) is 58.2 Å². The monoisotopic (exact) mass is 308 g/mol. The average molecular weight is 309 g/mol. The highest BCUT2D eigenvalue weighted by atomic mass is 35.5. The van der Waals surface area contributed by atoms with Crippen molar-refractivity contribution in [3.8, 4) is 0 Å². The summed E-state index contributed by atoms with van der Waals surface area (Å²) in [5.41, 5.74) is 0. The van der Waals surface area contributed by atoms with Crippen LogP contribution in [0.4, 0.5) is 4.39 Å². The van der Waals surface area contributed by atoms with Gasteiger partial charge < -0.3 is 5.32 Å². The molecule has 0 radical (unpaired) electrons. The molecule has 2 unspecified atom stereocenters. The predicted molar refractivity (Wildman–Crippen MR) is 74.4 cm³/mol. The zero-order chi connectivity index (χ0) is 13.2. The first-order chi connectivity index (χ1) is 8.49. The van der Waals surface area contributed by atoms with Crippen molar-refractivity contribution in [3.05, 3.63) is 30.1 Å². The molecule has 19 heavy (non-hydrogen) atoms. The number of nitrogens with one attached hydrogen (secondary N) is 2. The van der Waals surface area contributed by atoms with E-state index in [2.05, 4.69) is 10.0 Å². The fraction of sp³-hybridized carbons (Fsp3) is 0.500. The van der Waals surface area contributed by atoms with Gasteiger partial charge in [-0.2, -0.15) is 0 Å². The second-order valence-electron chi connectivity index (χ2n) is 4.65. The van der Waals surface area contributed by atoms with Crippen LogP contribution in [0.3, 0.4) is 0 Å². The van der Waals surface area contributed by atoms with Gasteiger partial charge in [0.2, 0.25) is 10.0 Å². The highest BCUT2D eigenvalue weighted by Gasteiger charge is 2.26. The Balaban J connectivity index is 0.00000180. The number of piperidine rings is 1. The van der Waals surface area contributed by atoms with E-state index in [1.807, 2.05) is 6.92 Å². The molecule has 1 aromatic rings. The highest BCUT2D eigenvalue weighted by molar-refractivity contribution is 7.89. The van der Waals surface area contributed by atoms with Crippen molar-refractivity contribution >= 4 is 22.4 Å². The standard InChI is InChI=1S/C12H17FN2O2S.ClH/c1-9-6-7-14-8-12(9)15-18(16,17)11-4-2-10(13)3-5-11;/h2-5,9,12,14-15H,6-8H2,1H3;1H. The van der Waals surface area contributed by atoms with Crippen molar-refractivity contribution in [1.29, 1.82) is 0 Å². The third-order valence-corrected chi connectivity index (χ3v) is 4.76. The quantitative estimate of drug-likeness (QED) is 0.890. The molecule has 0 aromatic heterocycles. The van der Waals surface area contributed by atoms with Gasteiger partial charge in [-0.25, -0.2) is 17.5 Å². The number of rotatable bonds is 3. The van der Waals surface area contributed by atoms with E-state index < -0.39 is 15.8 Å². The molecule has 1 saturated heterocycles. The fourth-order valence-corrected chi connectivity index (χ4v) is 3.37. The normalized spacial score (nSPS) is 23.7. The summed E-state index contributed by atoms with van der Waals surface area (Å²) in [4.78, 5) is 0.0988. The van der Waals surface area contributed by atoms with E-state index in [9.17, 15) is 12.8 Å². The number of hydrogen-bond donors (Lipinski definition) is 2. The molecule has 0 amide bonds. The van der Waals surface area contributed by atoms with Gasteiger partial charge in [-0.05, 0) is 43.1 Å². The lowest BCUT2D eigenvalue weighted by Gasteiger charge is -2.29. The van der Waals surface area contributed by atoms with E-state index >= 15 is 0 Å². The molecule has 2 rings (SSSR count). The van der Waals surface area contributed by atoms with Crippen molar-refractivity contribution in [2.45, 2.75) is 24.3 Å². The molecule has 1 aliphatic rings. The fourth-order valence-electron chi connectivity index (χ4n) is 2.03. The van der Waals surface area contributed by atoms with Gasteiger partial charge in [0.15, 0.2) is 0 Å². The Morgan fingerprint density at radius 2 is 1.95 bits per heavy atom. The lowest BCUT2D eigenvalue weighted by Crippen LogP contribution is -2.50. The van der Waals surface area contributed by atoms with Crippen LogP contribution < -0.4 is 10.0 Å². The van der Waals surface area contributed by atoms with Crippen molar-refractivity contribution < 1.29 is 12.8 Å². The molecular weight excluding hydrogens is 291 g/mol. The second kappa shape index (κ2) is 6.65. The van der Waals surface area contributed by atoms with E-state index in [-0.39, 0.29) is 23.3 Å². The molecule has 0 spiro atoms. The smallest absolute Gasteiger partial charge is 0.240 e. The summed E-state index contributed by atoms with van der Waals surface area (Å²) in [5.74, 6) is -0.150. The SMILES string of the molecule is CC1CCNCC1NS(=O)(=O)c1ccc(F)cc1.Cl. The Bertz CT molecular complexity index is 507. The Morgan fingerprint density at radius 1 is 1.32 bits per heavy atom. The summed E-state index contributed by atoms with van der Waals surface area (Å²) in [7, 11) is -3.57. The van der Waals surface area contributed by atoms with Gasteiger partial charge >= 0.3 is 0 Å². The van der Waals surface area contributed by atoms with Gasteiger partial charge in [0, 0.05) is 12.6 Å². The number of sulfonamides is 1. The average Bonchev–Trinajstić information content (AvgIpc) is 2.32.